The van der Waals surface area contributed by atoms with Crippen LogP contribution >= 0.6 is 11.6 Å². The molecule has 21 heavy (non-hydrogen) atoms. The molecular formula is C15H25ClN2O2S. The maximum Gasteiger partial charge on any atom is 0.243 e. The Labute approximate surface area is 133 Å². The van der Waals surface area contributed by atoms with Crippen LogP contribution in [0.25, 0.3) is 0 Å². The van der Waals surface area contributed by atoms with Gasteiger partial charge in [-0.25, -0.2) is 12.7 Å². The summed E-state index contributed by atoms with van der Waals surface area (Å²) in [5, 5.41) is 3.66. The van der Waals surface area contributed by atoms with Crippen molar-refractivity contribution in [3.05, 3.63) is 28.3 Å². The molecule has 120 valence electrons. The van der Waals surface area contributed by atoms with Crippen molar-refractivity contribution in [2.45, 2.75) is 45.1 Å². The van der Waals surface area contributed by atoms with Crippen molar-refractivity contribution in [1.82, 2.24) is 9.62 Å². The van der Waals surface area contributed by atoms with Gasteiger partial charge in [0.05, 0.1) is 4.90 Å². The lowest BCUT2D eigenvalue weighted by molar-refractivity contribution is 0.459. The van der Waals surface area contributed by atoms with Gasteiger partial charge in [0.1, 0.15) is 0 Å². The fraction of sp³-hybridized carbons (Fsp3) is 0.600. The first-order valence-corrected chi connectivity index (χ1v) is 9.12. The molecule has 0 heterocycles. The van der Waals surface area contributed by atoms with Crippen LogP contribution in [0.4, 0.5) is 0 Å². The van der Waals surface area contributed by atoms with Crippen molar-refractivity contribution in [2.24, 2.45) is 0 Å². The van der Waals surface area contributed by atoms with Gasteiger partial charge in [0.2, 0.25) is 10.0 Å². The van der Waals surface area contributed by atoms with Gasteiger partial charge in [-0.2, -0.15) is 0 Å². The third-order valence-corrected chi connectivity index (χ3v) is 5.71. The van der Waals surface area contributed by atoms with E-state index in [0.29, 0.717) is 23.0 Å². The molecule has 0 saturated heterocycles. The van der Waals surface area contributed by atoms with E-state index in [0.717, 1.165) is 30.5 Å². The maximum absolute atomic E-state index is 12.7. The van der Waals surface area contributed by atoms with Crippen LogP contribution in [-0.2, 0) is 16.6 Å². The zero-order valence-electron chi connectivity index (χ0n) is 13.2. The number of unbranched alkanes of at least 4 members (excludes halogenated alkanes) is 1. The molecule has 0 radical (unpaired) electrons. The highest BCUT2D eigenvalue weighted by atomic mass is 35.5. The first-order chi connectivity index (χ1) is 9.84. The summed E-state index contributed by atoms with van der Waals surface area (Å²) >= 11 is 6.11. The van der Waals surface area contributed by atoms with E-state index in [1.807, 2.05) is 26.8 Å². The molecule has 1 N–H and O–H groups in total. The second-order valence-corrected chi connectivity index (χ2v) is 7.60. The molecule has 0 aromatic heterocycles. The summed E-state index contributed by atoms with van der Waals surface area (Å²) in [5.41, 5.74) is 1.69. The smallest absolute Gasteiger partial charge is 0.243 e. The van der Waals surface area contributed by atoms with Crippen LogP contribution in [0.5, 0.6) is 0 Å². The van der Waals surface area contributed by atoms with E-state index in [9.17, 15) is 8.42 Å². The van der Waals surface area contributed by atoms with Crippen molar-refractivity contribution >= 4 is 21.6 Å². The summed E-state index contributed by atoms with van der Waals surface area (Å²) in [6.07, 6.45) is 1.81. The Kier molecular flexibility index (Phi) is 7.13. The van der Waals surface area contributed by atoms with Crippen molar-refractivity contribution in [3.8, 4) is 0 Å². The predicted octanol–water partition coefficient (Wildman–Crippen LogP) is 3.18. The molecule has 6 heteroatoms. The summed E-state index contributed by atoms with van der Waals surface area (Å²) in [6.45, 7) is 7.85. The third kappa shape index (κ3) is 4.68. The molecular weight excluding hydrogens is 308 g/mol. The second-order valence-electron chi connectivity index (χ2n) is 5.15. The summed E-state index contributed by atoms with van der Waals surface area (Å²) in [6, 6.07) is 3.37. The van der Waals surface area contributed by atoms with Crippen LogP contribution < -0.4 is 5.32 Å². The maximum atomic E-state index is 12.7. The standard InChI is InChI=1S/C15H25ClN2O2S/c1-5-7-8-18(4)21(19,20)15-10-14(16)9-13(12(15)3)11-17-6-2/h9-10,17H,5-8,11H2,1-4H3. The largest absolute Gasteiger partial charge is 0.313 e. The Balaban J connectivity index is 3.19. The molecule has 0 fully saturated rings. The molecule has 0 unspecified atom stereocenters. The second kappa shape index (κ2) is 8.13. The lowest BCUT2D eigenvalue weighted by Crippen LogP contribution is -2.29. The Morgan fingerprint density at radius 3 is 2.52 bits per heavy atom. The average molecular weight is 333 g/mol. The van der Waals surface area contributed by atoms with Crippen LogP contribution in [0.2, 0.25) is 5.02 Å². The molecule has 0 bridgehead atoms. The minimum absolute atomic E-state index is 0.307. The van der Waals surface area contributed by atoms with E-state index in [-0.39, 0.29) is 0 Å². The van der Waals surface area contributed by atoms with Crippen molar-refractivity contribution in [2.75, 3.05) is 20.1 Å². The van der Waals surface area contributed by atoms with Gasteiger partial charge >= 0.3 is 0 Å². The van der Waals surface area contributed by atoms with E-state index in [1.54, 1.807) is 13.1 Å². The first-order valence-electron chi connectivity index (χ1n) is 7.30. The number of nitrogens with one attached hydrogen (secondary N) is 1. The highest BCUT2D eigenvalue weighted by Gasteiger charge is 2.24. The molecule has 0 saturated carbocycles. The number of nitrogens with zero attached hydrogens (tertiary/aromatic N) is 1. The zero-order valence-corrected chi connectivity index (χ0v) is 14.8. The molecule has 0 amide bonds. The van der Waals surface area contributed by atoms with E-state index < -0.39 is 10.0 Å². The van der Waals surface area contributed by atoms with Crippen LogP contribution in [0.3, 0.4) is 0 Å². The number of hydrogen-bond donors (Lipinski definition) is 1. The lowest BCUT2D eigenvalue weighted by atomic mass is 10.1. The van der Waals surface area contributed by atoms with E-state index >= 15 is 0 Å². The summed E-state index contributed by atoms with van der Waals surface area (Å²) in [7, 11) is -1.87. The number of rotatable bonds is 8. The predicted molar refractivity (Wildman–Crippen MR) is 88.3 cm³/mol. The molecule has 4 nitrogen and oxygen atoms in total. The lowest BCUT2D eigenvalue weighted by Gasteiger charge is -2.20. The van der Waals surface area contributed by atoms with E-state index in [4.69, 9.17) is 11.6 Å². The quantitative estimate of drug-likeness (QED) is 0.795. The van der Waals surface area contributed by atoms with E-state index in [2.05, 4.69) is 5.32 Å². The summed E-state index contributed by atoms with van der Waals surface area (Å²) in [4.78, 5) is 0.307. The highest BCUT2D eigenvalue weighted by molar-refractivity contribution is 7.89. The molecule has 0 atom stereocenters. The summed E-state index contributed by atoms with van der Waals surface area (Å²) in [5.74, 6) is 0. The van der Waals surface area contributed by atoms with Gasteiger partial charge in [0.15, 0.2) is 0 Å². The molecule has 0 spiro atoms. The van der Waals surface area contributed by atoms with Crippen LogP contribution in [0, 0.1) is 6.92 Å². The van der Waals surface area contributed by atoms with Gasteiger partial charge in [0.25, 0.3) is 0 Å². The Morgan fingerprint density at radius 1 is 1.29 bits per heavy atom. The highest BCUT2D eigenvalue weighted by Crippen LogP contribution is 2.26. The van der Waals surface area contributed by atoms with Gasteiger partial charge < -0.3 is 5.32 Å². The fourth-order valence-corrected chi connectivity index (χ4v) is 3.89. The number of benzene rings is 1. The monoisotopic (exact) mass is 332 g/mol. The minimum atomic E-state index is -3.49. The Morgan fingerprint density at radius 2 is 1.95 bits per heavy atom. The van der Waals surface area contributed by atoms with Gasteiger partial charge in [-0.3, -0.25) is 0 Å². The minimum Gasteiger partial charge on any atom is -0.313 e. The van der Waals surface area contributed by atoms with Crippen molar-refractivity contribution in [1.29, 1.82) is 0 Å². The van der Waals surface area contributed by atoms with Gasteiger partial charge in [-0.15, -0.1) is 0 Å². The van der Waals surface area contributed by atoms with Gasteiger partial charge in [-0.05, 0) is 43.1 Å². The Hall–Kier alpha value is -0.620. The number of halogens is 1. The van der Waals surface area contributed by atoms with Crippen LogP contribution in [0.1, 0.15) is 37.8 Å². The van der Waals surface area contributed by atoms with E-state index in [1.165, 1.54) is 4.31 Å². The normalized spacial score (nSPS) is 12.1. The molecule has 1 aromatic carbocycles. The van der Waals surface area contributed by atoms with Crippen LogP contribution in [0.15, 0.2) is 17.0 Å². The van der Waals surface area contributed by atoms with Crippen LogP contribution in [-0.4, -0.2) is 32.9 Å². The number of hydrogen-bond acceptors (Lipinski definition) is 3. The van der Waals surface area contributed by atoms with Gasteiger partial charge in [0, 0.05) is 25.2 Å². The topological polar surface area (TPSA) is 49.4 Å². The molecule has 0 aliphatic heterocycles. The molecule has 1 rings (SSSR count). The Bertz CT molecular complexity index is 573. The molecule has 0 aliphatic carbocycles. The molecule has 1 aromatic rings. The van der Waals surface area contributed by atoms with Crippen molar-refractivity contribution < 1.29 is 8.42 Å². The van der Waals surface area contributed by atoms with Gasteiger partial charge in [-0.1, -0.05) is 31.9 Å². The third-order valence-electron chi connectivity index (χ3n) is 3.51. The molecule has 0 aliphatic rings. The van der Waals surface area contributed by atoms with Crippen molar-refractivity contribution in [3.63, 3.8) is 0 Å². The SMILES string of the molecule is CCCCN(C)S(=O)(=O)c1cc(Cl)cc(CNCC)c1C. The first kappa shape index (κ1) is 18.4. The average Bonchev–Trinajstić information content (AvgIpc) is 2.44. The zero-order chi connectivity index (χ0) is 16.0. The fourth-order valence-electron chi connectivity index (χ4n) is 2.09. The summed E-state index contributed by atoms with van der Waals surface area (Å²) < 4.78 is 26.8. The number of sulfonamides is 1.